The Balaban J connectivity index is 1.78. The second-order valence-electron chi connectivity index (χ2n) is 5.69. The first-order chi connectivity index (χ1) is 12.0. The average molecular weight is 361 g/mol. The molecule has 25 heavy (non-hydrogen) atoms. The molecule has 0 unspecified atom stereocenters. The van der Waals surface area contributed by atoms with Crippen LogP contribution in [0.2, 0.25) is 5.02 Å². The Labute approximate surface area is 152 Å². The van der Waals surface area contributed by atoms with Crippen LogP contribution in [0.15, 0.2) is 48.5 Å². The number of hydrogen-bond acceptors (Lipinski definition) is 4. The summed E-state index contributed by atoms with van der Waals surface area (Å²) in [6.07, 6.45) is 0. The van der Waals surface area contributed by atoms with Crippen LogP contribution in [-0.2, 0) is 4.79 Å². The van der Waals surface area contributed by atoms with Crippen molar-refractivity contribution in [1.82, 2.24) is 4.90 Å². The second kappa shape index (κ2) is 9.20. The van der Waals surface area contributed by atoms with E-state index in [9.17, 15) is 9.59 Å². The molecule has 132 valence electrons. The van der Waals surface area contributed by atoms with E-state index in [1.807, 2.05) is 11.9 Å². The smallest absolute Gasteiger partial charge is 0.238 e. The number of benzene rings is 2. The topological polar surface area (TPSA) is 58.6 Å². The number of nitrogens with one attached hydrogen (secondary N) is 1. The summed E-state index contributed by atoms with van der Waals surface area (Å²) < 4.78 is 5.61. The maximum absolute atomic E-state index is 12.1. The number of Topliss-reactive ketones (excluding diaryl/α,β-unsaturated/α-hetero) is 1. The standard InChI is InChI=1S/C19H21ClN2O3/c1-14(23)17-5-3-4-6-18(17)21-19(24)13-22(2)11-12-25-16-9-7-15(20)8-10-16/h3-10H,11-13H2,1-2H3,(H,21,24). The van der Waals surface area contributed by atoms with Crippen LogP contribution >= 0.6 is 11.6 Å². The van der Waals surface area contributed by atoms with Gasteiger partial charge in [-0.2, -0.15) is 0 Å². The van der Waals surface area contributed by atoms with Crippen LogP contribution in [-0.4, -0.2) is 43.3 Å². The lowest BCUT2D eigenvalue weighted by Gasteiger charge is -2.17. The Hall–Kier alpha value is -2.37. The third-order valence-corrected chi connectivity index (χ3v) is 3.80. The number of carbonyl (C=O) groups is 2. The molecule has 6 heteroatoms. The number of nitrogens with zero attached hydrogens (tertiary/aromatic N) is 1. The summed E-state index contributed by atoms with van der Waals surface area (Å²) in [5.74, 6) is 0.473. The first-order valence-corrected chi connectivity index (χ1v) is 8.30. The highest BCUT2D eigenvalue weighted by Gasteiger charge is 2.11. The number of ketones is 1. The molecule has 2 aromatic carbocycles. The van der Waals surface area contributed by atoms with E-state index in [1.54, 1.807) is 48.5 Å². The van der Waals surface area contributed by atoms with E-state index in [-0.39, 0.29) is 18.2 Å². The minimum atomic E-state index is -0.178. The molecule has 2 aromatic rings. The number of amides is 1. The maximum atomic E-state index is 12.1. The van der Waals surface area contributed by atoms with Gasteiger partial charge < -0.3 is 10.1 Å². The van der Waals surface area contributed by atoms with Crippen molar-refractivity contribution in [3.05, 3.63) is 59.1 Å². The molecule has 0 saturated heterocycles. The lowest BCUT2D eigenvalue weighted by Crippen LogP contribution is -2.33. The Kier molecular flexibility index (Phi) is 6.98. The van der Waals surface area contributed by atoms with Crippen molar-refractivity contribution < 1.29 is 14.3 Å². The van der Waals surface area contributed by atoms with Gasteiger partial charge in [-0.05, 0) is 50.4 Å². The van der Waals surface area contributed by atoms with E-state index >= 15 is 0 Å². The van der Waals surface area contributed by atoms with Crippen molar-refractivity contribution >= 4 is 29.0 Å². The lowest BCUT2D eigenvalue weighted by atomic mass is 10.1. The zero-order valence-corrected chi connectivity index (χ0v) is 15.0. The van der Waals surface area contributed by atoms with Crippen molar-refractivity contribution in [2.45, 2.75) is 6.92 Å². The summed E-state index contributed by atoms with van der Waals surface area (Å²) in [6, 6.07) is 14.1. The van der Waals surface area contributed by atoms with Gasteiger partial charge in [-0.1, -0.05) is 23.7 Å². The van der Waals surface area contributed by atoms with E-state index in [4.69, 9.17) is 16.3 Å². The predicted octanol–water partition coefficient (Wildman–Crippen LogP) is 3.49. The van der Waals surface area contributed by atoms with Crippen LogP contribution in [0.5, 0.6) is 5.75 Å². The van der Waals surface area contributed by atoms with Crippen molar-refractivity contribution in [1.29, 1.82) is 0 Å². The molecule has 0 heterocycles. The molecule has 0 radical (unpaired) electrons. The molecule has 0 fully saturated rings. The van der Waals surface area contributed by atoms with Gasteiger partial charge in [0.05, 0.1) is 12.2 Å². The SMILES string of the molecule is CC(=O)c1ccccc1NC(=O)CN(C)CCOc1ccc(Cl)cc1. The van der Waals surface area contributed by atoms with Crippen LogP contribution in [0.4, 0.5) is 5.69 Å². The highest BCUT2D eigenvalue weighted by molar-refractivity contribution is 6.30. The third-order valence-electron chi connectivity index (χ3n) is 3.55. The summed E-state index contributed by atoms with van der Waals surface area (Å²) in [7, 11) is 1.83. The molecular weight excluding hydrogens is 340 g/mol. The fourth-order valence-corrected chi connectivity index (χ4v) is 2.39. The number of rotatable bonds is 8. The Morgan fingerprint density at radius 2 is 1.80 bits per heavy atom. The Bertz CT molecular complexity index is 732. The monoisotopic (exact) mass is 360 g/mol. The quantitative estimate of drug-likeness (QED) is 0.732. The first kappa shape index (κ1) is 19.0. The Morgan fingerprint density at radius 3 is 2.48 bits per heavy atom. The normalized spacial score (nSPS) is 10.6. The van der Waals surface area contributed by atoms with Crippen molar-refractivity contribution in [2.75, 3.05) is 32.1 Å². The van der Waals surface area contributed by atoms with Gasteiger partial charge in [0.1, 0.15) is 12.4 Å². The van der Waals surface area contributed by atoms with Crippen molar-refractivity contribution in [3.63, 3.8) is 0 Å². The molecule has 0 saturated carbocycles. The number of carbonyl (C=O) groups excluding carboxylic acids is 2. The van der Waals surface area contributed by atoms with Crippen LogP contribution in [0.1, 0.15) is 17.3 Å². The fraction of sp³-hybridized carbons (Fsp3) is 0.263. The largest absolute Gasteiger partial charge is 0.492 e. The molecule has 0 spiro atoms. The summed E-state index contributed by atoms with van der Waals surface area (Å²) in [5, 5.41) is 3.44. The fourth-order valence-electron chi connectivity index (χ4n) is 2.26. The number of anilines is 1. The van der Waals surface area contributed by atoms with Crippen LogP contribution in [0, 0.1) is 0 Å². The summed E-state index contributed by atoms with van der Waals surface area (Å²) >= 11 is 5.82. The molecule has 0 aromatic heterocycles. The maximum Gasteiger partial charge on any atom is 0.238 e. The van der Waals surface area contributed by atoms with Gasteiger partial charge in [-0.15, -0.1) is 0 Å². The van der Waals surface area contributed by atoms with Crippen LogP contribution < -0.4 is 10.1 Å². The zero-order valence-electron chi connectivity index (χ0n) is 14.3. The van der Waals surface area contributed by atoms with Gasteiger partial charge in [-0.3, -0.25) is 14.5 Å². The summed E-state index contributed by atoms with van der Waals surface area (Å²) in [6.45, 7) is 2.72. The average Bonchev–Trinajstić information content (AvgIpc) is 2.57. The molecule has 2 rings (SSSR count). The molecule has 1 amide bonds. The molecular formula is C19H21ClN2O3. The number of halogens is 1. The van der Waals surface area contributed by atoms with Gasteiger partial charge in [0.2, 0.25) is 5.91 Å². The summed E-state index contributed by atoms with van der Waals surface area (Å²) in [4.78, 5) is 25.6. The van der Waals surface area contributed by atoms with E-state index in [0.717, 1.165) is 5.75 Å². The van der Waals surface area contributed by atoms with E-state index in [2.05, 4.69) is 5.32 Å². The first-order valence-electron chi connectivity index (χ1n) is 7.92. The molecule has 0 atom stereocenters. The number of para-hydroxylation sites is 1. The van der Waals surface area contributed by atoms with Crippen LogP contribution in [0.25, 0.3) is 0 Å². The molecule has 5 nitrogen and oxygen atoms in total. The van der Waals surface area contributed by atoms with Gasteiger partial charge in [0.15, 0.2) is 5.78 Å². The van der Waals surface area contributed by atoms with Crippen LogP contribution in [0.3, 0.4) is 0 Å². The van der Waals surface area contributed by atoms with E-state index < -0.39 is 0 Å². The molecule has 0 aliphatic carbocycles. The summed E-state index contributed by atoms with van der Waals surface area (Å²) in [5.41, 5.74) is 1.04. The highest BCUT2D eigenvalue weighted by atomic mass is 35.5. The minimum Gasteiger partial charge on any atom is -0.492 e. The number of ether oxygens (including phenoxy) is 1. The molecule has 0 bridgehead atoms. The van der Waals surface area contributed by atoms with Gasteiger partial charge >= 0.3 is 0 Å². The van der Waals surface area contributed by atoms with E-state index in [1.165, 1.54) is 6.92 Å². The highest BCUT2D eigenvalue weighted by Crippen LogP contribution is 2.16. The molecule has 0 aliphatic rings. The number of likely N-dealkylation sites (N-methyl/N-ethyl adjacent to an activating group) is 1. The van der Waals surface area contributed by atoms with Gasteiger partial charge in [0.25, 0.3) is 0 Å². The van der Waals surface area contributed by atoms with Crippen molar-refractivity contribution in [3.8, 4) is 5.75 Å². The molecule has 1 N–H and O–H groups in total. The minimum absolute atomic E-state index is 0.0828. The Morgan fingerprint density at radius 1 is 1.12 bits per heavy atom. The molecule has 0 aliphatic heterocycles. The predicted molar refractivity (Wildman–Crippen MR) is 99.5 cm³/mol. The number of hydrogen-bond donors (Lipinski definition) is 1. The van der Waals surface area contributed by atoms with Gasteiger partial charge in [-0.25, -0.2) is 0 Å². The third kappa shape index (κ3) is 6.21. The van der Waals surface area contributed by atoms with Gasteiger partial charge in [0, 0.05) is 17.1 Å². The lowest BCUT2D eigenvalue weighted by molar-refractivity contribution is -0.117. The zero-order chi connectivity index (χ0) is 18.2. The second-order valence-corrected chi connectivity index (χ2v) is 6.13. The van der Waals surface area contributed by atoms with E-state index in [0.29, 0.717) is 29.4 Å². The van der Waals surface area contributed by atoms with Crippen molar-refractivity contribution in [2.24, 2.45) is 0 Å².